The molecule has 0 atom stereocenters. The van der Waals surface area contributed by atoms with Crippen molar-refractivity contribution >= 4 is 32.6 Å². The van der Waals surface area contributed by atoms with E-state index in [2.05, 4.69) is 206 Å². The van der Waals surface area contributed by atoms with E-state index < -0.39 is 5.41 Å². The van der Waals surface area contributed by atoms with Crippen LogP contribution >= 0.6 is 0 Å². The zero-order valence-electron chi connectivity index (χ0n) is 34.8. The predicted molar refractivity (Wildman–Crippen MR) is 256 cm³/mol. The van der Waals surface area contributed by atoms with Gasteiger partial charge in [-0.15, -0.1) is 0 Å². The maximum atomic E-state index is 5.67. The second kappa shape index (κ2) is 12.3. The molecule has 0 radical (unpaired) electrons. The molecule has 3 aliphatic carbocycles. The second-order valence-corrected chi connectivity index (χ2v) is 17.8. The summed E-state index contributed by atoms with van der Waals surface area (Å²) in [5.74, 6) is 1.88. The average Bonchev–Trinajstić information content (AvgIpc) is 4.02. The smallest absolute Gasteiger partial charge is 0.238 e. The lowest BCUT2D eigenvalue weighted by Gasteiger charge is -2.31. The maximum absolute atomic E-state index is 5.67. The van der Waals surface area contributed by atoms with E-state index in [-0.39, 0.29) is 5.41 Å². The molecule has 63 heavy (non-hydrogen) atoms. The molecule has 14 rings (SSSR count). The van der Waals surface area contributed by atoms with Crippen LogP contribution in [0.15, 0.2) is 194 Å². The van der Waals surface area contributed by atoms with Gasteiger partial charge in [0.25, 0.3) is 0 Å². The van der Waals surface area contributed by atoms with Crippen molar-refractivity contribution in [3.05, 3.63) is 228 Å². The van der Waals surface area contributed by atoms with Gasteiger partial charge in [-0.05, 0) is 78.0 Å². The summed E-state index contributed by atoms with van der Waals surface area (Å²) in [6, 6.07) is 70.9. The van der Waals surface area contributed by atoms with E-state index in [1.54, 1.807) is 0 Å². The molecule has 0 bridgehead atoms. The van der Waals surface area contributed by atoms with Crippen LogP contribution in [0.25, 0.3) is 94.7 Å². The van der Waals surface area contributed by atoms with Gasteiger partial charge in [-0.3, -0.25) is 4.57 Å². The summed E-state index contributed by atoms with van der Waals surface area (Å²) in [5.41, 5.74) is 18.6. The fourth-order valence-corrected chi connectivity index (χ4v) is 12.0. The van der Waals surface area contributed by atoms with Crippen LogP contribution in [0.4, 0.5) is 0 Å². The van der Waals surface area contributed by atoms with Crippen LogP contribution in [-0.2, 0) is 10.8 Å². The highest BCUT2D eigenvalue weighted by molar-refractivity contribution is 6.27. The fourth-order valence-electron chi connectivity index (χ4n) is 12.0. The second-order valence-electron chi connectivity index (χ2n) is 17.8. The van der Waals surface area contributed by atoms with Crippen LogP contribution in [0.1, 0.15) is 47.2 Å². The number of hydrogen-bond acceptors (Lipinski definition) is 3. The molecule has 4 heteroatoms. The van der Waals surface area contributed by atoms with Gasteiger partial charge in [0.15, 0.2) is 11.6 Å². The SMILES string of the molecule is CC1(C)c2ccccc2-c2c(-c3nc(-c4ccccc4)nc(-n4c5ccccc5c5c6ccccc6c6c(c54)C4(c5ccccc5-c5ccccc54)c4ccccc4-6)n3)cccc21. The first kappa shape index (κ1) is 34.7. The predicted octanol–water partition coefficient (Wildman–Crippen LogP) is 14.1. The average molecular weight is 803 g/mol. The van der Waals surface area contributed by atoms with Crippen molar-refractivity contribution in [2.75, 3.05) is 0 Å². The molecule has 2 aromatic heterocycles. The lowest BCUT2D eigenvalue weighted by atomic mass is 9.70. The molecule has 0 saturated heterocycles. The van der Waals surface area contributed by atoms with Crippen molar-refractivity contribution in [2.45, 2.75) is 24.7 Å². The van der Waals surface area contributed by atoms with E-state index in [9.17, 15) is 0 Å². The van der Waals surface area contributed by atoms with E-state index in [0.29, 0.717) is 17.6 Å². The molecule has 9 aromatic carbocycles. The van der Waals surface area contributed by atoms with Gasteiger partial charge in [0.2, 0.25) is 5.95 Å². The Morgan fingerprint density at radius 2 is 0.889 bits per heavy atom. The Balaban J connectivity index is 1.19. The van der Waals surface area contributed by atoms with Crippen LogP contribution in [0, 0.1) is 0 Å². The van der Waals surface area contributed by atoms with Gasteiger partial charge in [-0.25, -0.2) is 4.98 Å². The Morgan fingerprint density at radius 3 is 1.60 bits per heavy atom. The number of para-hydroxylation sites is 1. The summed E-state index contributed by atoms with van der Waals surface area (Å²) in [6.45, 7) is 4.65. The zero-order valence-corrected chi connectivity index (χ0v) is 34.8. The molecule has 0 aliphatic heterocycles. The molecule has 0 saturated carbocycles. The van der Waals surface area contributed by atoms with Crippen LogP contribution in [-0.4, -0.2) is 19.5 Å². The normalized spacial score (nSPS) is 14.4. The minimum Gasteiger partial charge on any atom is -0.277 e. The van der Waals surface area contributed by atoms with E-state index in [4.69, 9.17) is 15.0 Å². The topological polar surface area (TPSA) is 43.6 Å². The molecule has 294 valence electrons. The highest BCUT2D eigenvalue weighted by atomic mass is 15.2. The van der Waals surface area contributed by atoms with E-state index in [0.717, 1.165) is 27.5 Å². The monoisotopic (exact) mass is 802 g/mol. The highest BCUT2D eigenvalue weighted by Gasteiger charge is 2.54. The van der Waals surface area contributed by atoms with E-state index in [1.165, 1.54) is 82.9 Å². The number of rotatable bonds is 3. The van der Waals surface area contributed by atoms with E-state index in [1.807, 2.05) is 6.07 Å². The largest absolute Gasteiger partial charge is 0.277 e. The maximum Gasteiger partial charge on any atom is 0.238 e. The minimum absolute atomic E-state index is 0.175. The Bertz CT molecular complexity index is 3730. The molecule has 1 spiro atoms. The number of aromatic nitrogens is 4. The van der Waals surface area contributed by atoms with Crippen LogP contribution < -0.4 is 0 Å². The number of hydrogen-bond donors (Lipinski definition) is 0. The number of nitrogens with zero attached hydrogens (tertiary/aromatic N) is 4. The van der Waals surface area contributed by atoms with Crippen molar-refractivity contribution in [2.24, 2.45) is 0 Å². The zero-order chi connectivity index (χ0) is 41.6. The van der Waals surface area contributed by atoms with Crippen LogP contribution in [0.2, 0.25) is 0 Å². The summed E-state index contributed by atoms with van der Waals surface area (Å²) in [5, 5.41) is 4.83. The van der Waals surface area contributed by atoms with Crippen molar-refractivity contribution in [1.29, 1.82) is 0 Å². The molecule has 11 aromatic rings. The molecule has 0 unspecified atom stereocenters. The third kappa shape index (κ3) is 4.32. The third-order valence-corrected chi connectivity index (χ3v) is 14.5. The Hall–Kier alpha value is -7.95. The molecule has 0 amide bonds. The first-order valence-electron chi connectivity index (χ1n) is 21.9. The standard InChI is InChI=1S/C59H38N4/c1-58(2)44-29-13-10-25-40(44)50-43(28-18-33-48(50)58)56-60-55(35-19-4-3-5-20-35)61-57(62-56)63-49-34-17-12-27-42(49)52-39-24-7-6-23-38(39)51-41-26-11-16-32-47(41)59(53(51)54(52)63)45-30-14-8-21-36(45)37-22-9-15-31-46(37)59/h3-34H,1-2H3. The quantitative estimate of drug-likeness (QED) is 0.179. The lowest BCUT2D eigenvalue weighted by Crippen LogP contribution is -2.27. The lowest BCUT2D eigenvalue weighted by molar-refractivity contribution is 0.660. The minimum atomic E-state index is -0.610. The van der Waals surface area contributed by atoms with Gasteiger partial charge in [0.05, 0.1) is 16.4 Å². The molecule has 0 N–H and O–H groups in total. The van der Waals surface area contributed by atoms with Gasteiger partial charge in [-0.2, -0.15) is 9.97 Å². The summed E-state index contributed by atoms with van der Waals surface area (Å²) >= 11 is 0. The van der Waals surface area contributed by atoms with Crippen LogP contribution in [0.5, 0.6) is 0 Å². The van der Waals surface area contributed by atoms with Gasteiger partial charge >= 0.3 is 0 Å². The Labute approximate surface area is 364 Å². The third-order valence-electron chi connectivity index (χ3n) is 14.5. The van der Waals surface area contributed by atoms with Crippen molar-refractivity contribution in [1.82, 2.24) is 19.5 Å². The van der Waals surface area contributed by atoms with Gasteiger partial charge in [0.1, 0.15) is 0 Å². The van der Waals surface area contributed by atoms with Crippen molar-refractivity contribution in [3.63, 3.8) is 0 Å². The molecule has 0 fully saturated rings. The van der Waals surface area contributed by atoms with Crippen molar-refractivity contribution < 1.29 is 0 Å². The Kier molecular flexibility index (Phi) is 6.80. The molecular weight excluding hydrogens is 765 g/mol. The molecule has 2 heterocycles. The number of fused-ring (bicyclic) bond motifs is 20. The first-order chi connectivity index (χ1) is 31.0. The highest BCUT2D eigenvalue weighted by Crippen LogP contribution is 2.66. The van der Waals surface area contributed by atoms with E-state index >= 15 is 0 Å². The first-order valence-corrected chi connectivity index (χ1v) is 21.9. The summed E-state index contributed by atoms with van der Waals surface area (Å²) < 4.78 is 2.38. The van der Waals surface area contributed by atoms with Crippen LogP contribution in [0.3, 0.4) is 0 Å². The van der Waals surface area contributed by atoms with Gasteiger partial charge in [-0.1, -0.05) is 202 Å². The molecule has 4 nitrogen and oxygen atoms in total. The summed E-state index contributed by atoms with van der Waals surface area (Å²) in [7, 11) is 0. The van der Waals surface area contributed by atoms with Gasteiger partial charge in [0, 0.05) is 32.9 Å². The summed E-state index contributed by atoms with van der Waals surface area (Å²) in [4.78, 5) is 16.6. The fraction of sp³-hybridized carbons (Fsp3) is 0.0678. The van der Waals surface area contributed by atoms with Crippen molar-refractivity contribution in [3.8, 4) is 62.1 Å². The number of benzene rings is 9. The molecule has 3 aliphatic rings. The summed E-state index contributed by atoms with van der Waals surface area (Å²) in [6.07, 6.45) is 0. The molecular formula is C59H38N4. The Morgan fingerprint density at radius 1 is 0.381 bits per heavy atom. The van der Waals surface area contributed by atoms with Gasteiger partial charge < -0.3 is 0 Å².